The van der Waals surface area contributed by atoms with E-state index in [0.29, 0.717) is 5.69 Å². The van der Waals surface area contributed by atoms with Gasteiger partial charge in [-0.3, -0.25) is 14.3 Å². The Morgan fingerprint density at radius 1 is 1.32 bits per heavy atom. The number of hydrogen-bond acceptors (Lipinski definition) is 4. The number of nitriles is 1. The highest BCUT2D eigenvalue weighted by atomic mass is 16.2. The van der Waals surface area contributed by atoms with Crippen LogP contribution in [0.3, 0.4) is 0 Å². The van der Waals surface area contributed by atoms with Crippen molar-refractivity contribution < 1.29 is 0 Å². The highest BCUT2D eigenvalue weighted by molar-refractivity contribution is 5.52. The summed E-state index contributed by atoms with van der Waals surface area (Å²) in [6, 6.07) is 8.97. The number of anilines is 1. The minimum absolute atomic E-state index is 0.102. The smallest absolute Gasteiger partial charge is 0.332 e. The molecule has 0 aliphatic rings. The van der Waals surface area contributed by atoms with Crippen molar-refractivity contribution in [2.24, 2.45) is 0 Å². The lowest BCUT2D eigenvalue weighted by Gasteiger charge is -2.14. The zero-order chi connectivity index (χ0) is 14.0. The summed E-state index contributed by atoms with van der Waals surface area (Å²) in [4.78, 5) is 27.1. The summed E-state index contributed by atoms with van der Waals surface area (Å²) in [5, 5.41) is 8.83. The molecule has 19 heavy (non-hydrogen) atoms. The van der Waals surface area contributed by atoms with E-state index in [-0.39, 0.29) is 5.56 Å². The fourth-order valence-electron chi connectivity index (χ4n) is 1.66. The van der Waals surface area contributed by atoms with E-state index >= 15 is 0 Å². The van der Waals surface area contributed by atoms with Gasteiger partial charge in [0.15, 0.2) is 0 Å². The summed E-state index contributed by atoms with van der Waals surface area (Å²) < 4.78 is 1.24. The van der Waals surface area contributed by atoms with E-state index in [4.69, 9.17) is 5.26 Å². The molecule has 6 nitrogen and oxygen atoms in total. The zero-order valence-electron chi connectivity index (χ0n) is 10.5. The largest absolute Gasteiger partial charge is 0.378 e. The first-order valence-corrected chi connectivity index (χ1v) is 5.57. The number of H-pyrrole nitrogens is 1. The van der Waals surface area contributed by atoms with E-state index < -0.39 is 11.2 Å². The van der Waals surface area contributed by atoms with Gasteiger partial charge in [-0.25, -0.2) is 4.79 Å². The van der Waals surface area contributed by atoms with Crippen LogP contribution >= 0.6 is 0 Å². The molecule has 0 unspecified atom stereocenters. The number of benzene rings is 1. The van der Waals surface area contributed by atoms with Gasteiger partial charge in [-0.2, -0.15) is 5.26 Å². The van der Waals surface area contributed by atoms with Crippen molar-refractivity contribution in [1.82, 2.24) is 9.55 Å². The quantitative estimate of drug-likeness (QED) is 0.846. The first-order valence-electron chi connectivity index (χ1n) is 5.57. The maximum absolute atomic E-state index is 11.8. The molecule has 2 rings (SSSR count). The van der Waals surface area contributed by atoms with Crippen molar-refractivity contribution >= 4 is 5.69 Å². The topological polar surface area (TPSA) is 81.9 Å². The highest BCUT2D eigenvalue weighted by Crippen LogP contribution is 2.15. The van der Waals surface area contributed by atoms with Crippen molar-refractivity contribution in [3.63, 3.8) is 0 Å². The van der Waals surface area contributed by atoms with Crippen molar-refractivity contribution in [1.29, 1.82) is 5.26 Å². The SMILES string of the molecule is CN(C)c1cccc(-n2cc(C#N)c(=O)[nH]c2=O)c1. The average Bonchev–Trinajstić information content (AvgIpc) is 2.39. The fraction of sp³-hybridized carbons (Fsp3) is 0.154. The predicted octanol–water partition coefficient (Wildman–Crippen LogP) is 0.463. The van der Waals surface area contributed by atoms with Crippen LogP contribution in [0.1, 0.15) is 5.56 Å². The Labute approximate surface area is 109 Å². The lowest BCUT2D eigenvalue weighted by Crippen LogP contribution is -2.30. The molecular weight excluding hydrogens is 244 g/mol. The van der Waals surface area contributed by atoms with E-state index in [1.165, 1.54) is 10.8 Å². The predicted molar refractivity (Wildman–Crippen MR) is 71.7 cm³/mol. The zero-order valence-corrected chi connectivity index (χ0v) is 10.5. The Kier molecular flexibility index (Phi) is 3.21. The fourth-order valence-corrected chi connectivity index (χ4v) is 1.66. The first kappa shape index (κ1) is 12.6. The average molecular weight is 256 g/mol. The second-order valence-corrected chi connectivity index (χ2v) is 4.20. The molecule has 0 saturated carbocycles. The lowest BCUT2D eigenvalue weighted by atomic mass is 10.2. The van der Waals surface area contributed by atoms with Crippen LogP contribution in [0.25, 0.3) is 5.69 Å². The van der Waals surface area contributed by atoms with E-state index in [1.807, 2.05) is 25.1 Å². The van der Waals surface area contributed by atoms with Gasteiger partial charge in [0.25, 0.3) is 5.56 Å². The second-order valence-electron chi connectivity index (χ2n) is 4.20. The summed E-state index contributed by atoms with van der Waals surface area (Å²) in [6.45, 7) is 0. The molecule has 96 valence electrons. The molecule has 0 aliphatic heterocycles. The molecule has 0 radical (unpaired) electrons. The summed E-state index contributed by atoms with van der Waals surface area (Å²) >= 11 is 0. The first-order chi connectivity index (χ1) is 9.02. The van der Waals surface area contributed by atoms with Crippen molar-refractivity contribution in [3.8, 4) is 11.8 Å². The molecule has 0 fully saturated rings. The Bertz CT molecular complexity index is 765. The molecule has 0 amide bonds. The van der Waals surface area contributed by atoms with Gasteiger partial charge in [0.1, 0.15) is 11.6 Å². The lowest BCUT2D eigenvalue weighted by molar-refractivity contribution is 0.888. The minimum atomic E-state index is -0.674. The van der Waals surface area contributed by atoms with Crippen LogP contribution in [0.15, 0.2) is 40.1 Å². The molecule has 1 N–H and O–H groups in total. The summed E-state index contributed by atoms with van der Waals surface area (Å²) in [5.41, 5.74) is 0.153. The van der Waals surface area contributed by atoms with Crippen molar-refractivity contribution in [2.45, 2.75) is 0 Å². The van der Waals surface area contributed by atoms with E-state index in [0.717, 1.165) is 5.69 Å². The summed E-state index contributed by atoms with van der Waals surface area (Å²) in [7, 11) is 3.77. The number of aromatic nitrogens is 2. The van der Waals surface area contributed by atoms with Crippen LogP contribution < -0.4 is 16.1 Å². The molecule has 1 heterocycles. The van der Waals surface area contributed by atoms with Gasteiger partial charge in [-0.05, 0) is 18.2 Å². The third-order valence-corrected chi connectivity index (χ3v) is 2.69. The van der Waals surface area contributed by atoms with Crippen molar-refractivity contribution in [3.05, 3.63) is 56.9 Å². The molecule has 2 aromatic rings. The molecule has 1 aromatic heterocycles. The Morgan fingerprint density at radius 2 is 2.05 bits per heavy atom. The number of rotatable bonds is 2. The molecule has 0 atom stereocenters. The van der Waals surface area contributed by atoms with Crippen LogP contribution in [0.2, 0.25) is 0 Å². The van der Waals surface area contributed by atoms with Gasteiger partial charge in [-0.1, -0.05) is 6.07 Å². The van der Waals surface area contributed by atoms with Crippen molar-refractivity contribution in [2.75, 3.05) is 19.0 Å². The van der Waals surface area contributed by atoms with E-state index in [9.17, 15) is 9.59 Å². The van der Waals surface area contributed by atoms with E-state index in [2.05, 4.69) is 4.98 Å². The monoisotopic (exact) mass is 256 g/mol. The maximum Gasteiger partial charge on any atom is 0.332 e. The van der Waals surface area contributed by atoms with Crippen LogP contribution in [-0.2, 0) is 0 Å². The third kappa shape index (κ3) is 2.40. The third-order valence-electron chi connectivity index (χ3n) is 2.69. The minimum Gasteiger partial charge on any atom is -0.378 e. The summed E-state index contributed by atoms with van der Waals surface area (Å²) in [6.07, 6.45) is 1.25. The van der Waals surface area contributed by atoms with Crippen LogP contribution in [-0.4, -0.2) is 23.6 Å². The highest BCUT2D eigenvalue weighted by Gasteiger charge is 2.06. The molecule has 0 spiro atoms. The number of nitrogens with one attached hydrogen (secondary N) is 1. The van der Waals surface area contributed by atoms with Gasteiger partial charge in [0.05, 0.1) is 5.69 Å². The molecule has 0 saturated heterocycles. The number of aromatic amines is 1. The molecule has 1 aromatic carbocycles. The Balaban J connectivity index is 2.66. The summed E-state index contributed by atoms with van der Waals surface area (Å²) in [5.74, 6) is 0. The second kappa shape index (κ2) is 4.82. The van der Waals surface area contributed by atoms with Gasteiger partial charge in [0.2, 0.25) is 0 Å². The molecule has 6 heteroatoms. The van der Waals surface area contributed by atoms with Crippen LogP contribution in [0.5, 0.6) is 0 Å². The van der Waals surface area contributed by atoms with Gasteiger partial charge >= 0.3 is 5.69 Å². The Hall–Kier alpha value is -2.81. The van der Waals surface area contributed by atoms with Crippen LogP contribution in [0, 0.1) is 11.3 Å². The normalized spacial score (nSPS) is 9.95. The number of hydrogen-bond donors (Lipinski definition) is 1. The number of nitrogens with zero attached hydrogens (tertiary/aromatic N) is 3. The standard InChI is InChI=1S/C13H12N4O2/c1-16(2)10-4-3-5-11(6-10)17-8-9(7-14)12(18)15-13(17)19/h3-6,8H,1-2H3,(H,15,18,19). The van der Waals surface area contributed by atoms with Gasteiger partial charge < -0.3 is 4.90 Å². The van der Waals surface area contributed by atoms with Gasteiger partial charge in [-0.15, -0.1) is 0 Å². The van der Waals surface area contributed by atoms with E-state index in [1.54, 1.807) is 24.3 Å². The van der Waals surface area contributed by atoms with Crippen LogP contribution in [0.4, 0.5) is 5.69 Å². The molecule has 0 aliphatic carbocycles. The molecular formula is C13H12N4O2. The van der Waals surface area contributed by atoms with Gasteiger partial charge in [0, 0.05) is 26.0 Å². The Morgan fingerprint density at radius 3 is 2.68 bits per heavy atom. The maximum atomic E-state index is 11.8. The molecule has 0 bridgehead atoms.